The fourth-order valence-corrected chi connectivity index (χ4v) is 5.13. The molecule has 0 aliphatic heterocycles. The quantitative estimate of drug-likeness (QED) is 0.105. The average Bonchev–Trinajstić information content (AvgIpc) is 2.92. The van der Waals surface area contributed by atoms with Gasteiger partial charge in [-0.2, -0.15) is 0 Å². The highest BCUT2D eigenvalue weighted by molar-refractivity contribution is 6.11. The van der Waals surface area contributed by atoms with Crippen molar-refractivity contribution < 1.29 is 28.5 Å². The molecule has 3 aromatic carbocycles. The summed E-state index contributed by atoms with van der Waals surface area (Å²) in [7, 11) is 0. The lowest BCUT2D eigenvalue weighted by Crippen LogP contribution is -2.35. The molecule has 2 unspecified atom stereocenters. The van der Waals surface area contributed by atoms with E-state index in [1.54, 1.807) is 0 Å². The molecule has 43 heavy (non-hydrogen) atoms. The summed E-state index contributed by atoms with van der Waals surface area (Å²) in [6, 6.07) is 14.2. The van der Waals surface area contributed by atoms with Crippen LogP contribution in [0.1, 0.15) is 113 Å². The van der Waals surface area contributed by atoms with Gasteiger partial charge in [-0.15, -0.1) is 0 Å². The van der Waals surface area contributed by atoms with E-state index in [1.807, 2.05) is 79.7 Å². The summed E-state index contributed by atoms with van der Waals surface area (Å²) in [6.45, 7) is 17.4. The minimum absolute atomic E-state index is 0.376. The van der Waals surface area contributed by atoms with E-state index in [-0.39, 0.29) is 11.9 Å². The van der Waals surface area contributed by atoms with Crippen molar-refractivity contribution in [2.24, 2.45) is 0 Å². The van der Waals surface area contributed by atoms with Gasteiger partial charge in [0.05, 0.1) is 0 Å². The first-order valence-corrected chi connectivity index (χ1v) is 16.0. The van der Waals surface area contributed by atoms with Gasteiger partial charge >= 0.3 is 11.9 Å². The van der Waals surface area contributed by atoms with E-state index in [9.17, 15) is 9.59 Å². The van der Waals surface area contributed by atoms with Crippen molar-refractivity contribution >= 4 is 33.5 Å². The van der Waals surface area contributed by atoms with Crippen LogP contribution in [-0.4, -0.2) is 35.3 Å². The van der Waals surface area contributed by atoms with Crippen LogP contribution >= 0.6 is 0 Å². The van der Waals surface area contributed by atoms with Gasteiger partial charge in [-0.25, -0.2) is 9.59 Å². The van der Waals surface area contributed by atoms with Crippen molar-refractivity contribution in [2.75, 3.05) is 0 Å². The minimum atomic E-state index is -0.763. The van der Waals surface area contributed by atoms with Gasteiger partial charge in [-0.05, 0) is 78.9 Å². The first kappa shape index (κ1) is 34.2. The van der Waals surface area contributed by atoms with E-state index in [0.29, 0.717) is 24.3 Å². The van der Waals surface area contributed by atoms with Crippen LogP contribution in [0.25, 0.3) is 21.5 Å². The van der Waals surface area contributed by atoms with Gasteiger partial charge in [0.25, 0.3) is 0 Å². The van der Waals surface area contributed by atoms with E-state index in [1.165, 1.54) is 5.56 Å². The molecular weight excluding hydrogens is 540 g/mol. The number of hydrogen-bond acceptors (Lipinski definition) is 6. The van der Waals surface area contributed by atoms with Gasteiger partial charge < -0.3 is 18.9 Å². The maximum absolute atomic E-state index is 13.3. The Morgan fingerprint density at radius 3 is 1.53 bits per heavy atom. The number of hydrogen-bond donors (Lipinski definition) is 0. The molecule has 0 radical (unpaired) electrons. The summed E-state index contributed by atoms with van der Waals surface area (Å²) in [5, 5.41) is 3.32. The molecule has 0 saturated carbocycles. The van der Waals surface area contributed by atoms with E-state index < -0.39 is 23.4 Å². The molecule has 236 valence electrons. The Morgan fingerprint density at radius 1 is 0.628 bits per heavy atom. The maximum atomic E-state index is 13.3. The Morgan fingerprint density at radius 2 is 1.09 bits per heavy atom. The van der Waals surface area contributed by atoms with Crippen LogP contribution < -0.4 is 9.47 Å². The fourth-order valence-electron chi connectivity index (χ4n) is 5.13. The highest BCUT2D eigenvalue weighted by Gasteiger charge is 2.31. The van der Waals surface area contributed by atoms with Crippen LogP contribution in [0.3, 0.4) is 0 Å². The van der Waals surface area contributed by atoms with Crippen molar-refractivity contribution in [3.05, 3.63) is 48.0 Å². The first-order chi connectivity index (χ1) is 20.3. The standard InChI is InChI=1S/C37H52O6/c1-10-13-14-19-25-22-23-28-29(24-25)33(41-31(18-12-3)35(39)43-37(7,8)9)27-21-16-15-20-26(27)32(28)40-30(17-11-2)34(38)42-36(4,5)6/h15-16,20-24,30-31H,10-14,17-19H2,1-9H3. The molecule has 0 heterocycles. The highest BCUT2D eigenvalue weighted by atomic mass is 16.6. The minimum Gasteiger partial charge on any atom is -0.477 e. The normalized spacial score (nSPS) is 13.5. The molecule has 0 amide bonds. The van der Waals surface area contributed by atoms with Crippen LogP contribution in [0.15, 0.2) is 42.5 Å². The lowest BCUT2D eigenvalue weighted by Gasteiger charge is -2.27. The molecule has 0 aliphatic carbocycles. The van der Waals surface area contributed by atoms with E-state index in [4.69, 9.17) is 18.9 Å². The Balaban J connectivity index is 2.24. The molecule has 3 aromatic rings. The number of carbonyl (C=O) groups is 2. The van der Waals surface area contributed by atoms with Crippen molar-refractivity contribution in [2.45, 2.75) is 137 Å². The second-order valence-corrected chi connectivity index (χ2v) is 13.4. The third-order valence-electron chi connectivity index (χ3n) is 7.02. The van der Waals surface area contributed by atoms with Gasteiger partial charge in [0.15, 0.2) is 12.2 Å². The molecule has 0 saturated heterocycles. The summed E-state index contributed by atoms with van der Waals surface area (Å²) < 4.78 is 24.8. The number of ether oxygens (including phenoxy) is 4. The van der Waals surface area contributed by atoms with Crippen LogP contribution in [0.2, 0.25) is 0 Å². The summed E-state index contributed by atoms with van der Waals surface area (Å²) in [5.41, 5.74) is -0.0672. The van der Waals surface area contributed by atoms with Crippen molar-refractivity contribution in [3.8, 4) is 11.5 Å². The molecular formula is C37H52O6. The average molecular weight is 593 g/mol. The predicted molar refractivity (Wildman–Crippen MR) is 175 cm³/mol. The Labute approximate surface area is 258 Å². The zero-order valence-electron chi connectivity index (χ0n) is 27.8. The lowest BCUT2D eigenvalue weighted by molar-refractivity contribution is -0.164. The smallest absolute Gasteiger partial charge is 0.347 e. The largest absolute Gasteiger partial charge is 0.477 e. The van der Waals surface area contributed by atoms with Crippen LogP contribution in [0.5, 0.6) is 11.5 Å². The number of fused-ring (bicyclic) bond motifs is 2. The third kappa shape index (κ3) is 9.61. The van der Waals surface area contributed by atoms with Gasteiger partial charge in [0.1, 0.15) is 22.7 Å². The molecule has 0 N–H and O–H groups in total. The van der Waals surface area contributed by atoms with Crippen molar-refractivity contribution in [1.82, 2.24) is 0 Å². The topological polar surface area (TPSA) is 71.1 Å². The number of aryl methyl sites for hydroxylation is 1. The Kier molecular flexibility index (Phi) is 11.9. The Hall–Kier alpha value is -3.28. The lowest BCUT2D eigenvalue weighted by atomic mass is 9.96. The van der Waals surface area contributed by atoms with Gasteiger partial charge in [0, 0.05) is 21.5 Å². The van der Waals surface area contributed by atoms with E-state index in [2.05, 4.69) is 25.1 Å². The predicted octanol–water partition coefficient (Wildman–Crippen LogP) is 9.50. The second kappa shape index (κ2) is 14.9. The molecule has 3 rings (SSSR count). The number of carbonyl (C=O) groups excluding carboxylic acids is 2. The molecule has 0 bridgehead atoms. The van der Waals surface area contributed by atoms with Gasteiger partial charge in [-0.1, -0.05) is 82.9 Å². The summed E-state index contributed by atoms with van der Waals surface area (Å²) in [5.74, 6) is 0.491. The summed E-state index contributed by atoms with van der Waals surface area (Å²) in [6.07, 6.45) is 5.36. The molecule has 6 heteroatoms. The van der Waals surface area contributed by atoms with Crippen molar-refractivity contribution in [3.63, 3.8) is 0 Å². The van der Waals surface area contributed by atoms with Crippen molar-refractivity contribution in [1.29, 1.82) is 0 Å². The van der Waals surface area contributed by atoms with E-state index in [0.717, 1.165) is 60.1 Å². The number of esters is 2. The van der Waals surface area contributed by atoms with Crippen LogP contribution in [0, 0.1) is 0 Å². The molecule has 0 fully saturated rings. The molecule has 6 nitrogen and oxygen atoms in total. The molecule has 2 atom stereocenters. The maximum Gasteiger partial charge on any atom is 0.347 e. The second-order valence-electron chi connectivity index (χ2n) is 13.4. The van der Waals surface area contributed by atoms with Gasteiger partial charge in [0.2, 0.25) is 0 Å². The van der Waals surface area contributed by atoms with Crippen LogP contribution in [-0.2, 0) is 25.5 Å². The summed E-state index contributed by atoms with van der Waals surface area (Å²) in [4.78, 5) is 26.6. The van der Waals surface area contributed by atoms with E-state index >= 15 is 0 Å². The van der Waals surface area contributed by atoms with Crippen LogP contribution in [0.4, 0.5) is 0 Å². The Bertz CT molecular complexity index is 1380. The fraction of sp³-hybridized carbons (Fsp3) is 0.568. The number of unbranched alkanes of at least 4 members (excludes halogenated alkanes) is 2. The zero-order valence-corrected chi connectivity index (χ0v) is 27.8. The monoisotopic (exact) mass is 592 g/mol. The summed E-state index contributed by atoms with van der Waals surface area (Å²) >= 11 is 0. The number of benzene rings is 3. The SMILES string of the molecule is CCCCCc1ccc2c(OC(CCC)C(=O)OC(C)(C)C)c3ccccc3c(OC(CCC)C(=O)OC(C)(C)C)c2c1. The highest BCUT2D eigenvalue weighted by Crippen LogP contribution is 2.44. The molecule has 0 aromatic heterocycles. The number of rotatable bonds is 14. The van der Waals surface area contributed by atoms with Gasteiger partial charge in [-0.3, -0.25) is 0 Å². The first-order valence-electron chi connectivity index (χ1n) is 16.0. The zero-order chi connectivity index (χ0) is 31.8. The molecule has 0 aliphatic rings. The molecule has 0 spiro atoms. The third-order valence-corrected chi connectivity index (χ3v) is 7.02.